The lowest BCUT2D eigenvalue weighted by Gasteiger charge is -2.20. The van der Waals surface area contributed by atoms with Gasteiger partial charge in [0.25, 0.3) is 5.91 Å². The van der Waals surface area contributed by atoms with Gasteiger partial charge >= 0.3 is 12.2 Å². The molecule has 0 bridgehead atoms. The van der Waals surface area contributed by atoms with Gasteiger partial charge in [-0.3, -0.25) is 9.69 Å². The Hall–Kier alpha value is -4.38. The predicted molar refractivity (Wildman–Crippen MR) is 139 cm³/mol. The van der Waals surface area contributed by atoms with Gasteiger partial charge in [-0.15, -0.1) is 0 Å². The molecule has 0 radical (unpaired) electrons. The first-order chi connectivity index (χ1) is 18.4. The highest BCUT2D eigenvalue weighted by Gasteiger charge is 2.34. The highest BCUT2D eigenvalue weighted by molar-refractivity contribution is 6.31. The fourth-order valence-electron chi connectivity index (χ4n) is 4.42. The van der Waals surface area contributed by atoms with Crippen LogP contribution in [-0.2, 0) is 12.7 Å². The number of hydrogen-bond acceptors (Lipinski definition) is 3. The maximum Gasteiger partial charge on any atom is 0.417 e. The van der Waals surface area contributed by atoms with Crippen LogP contribution in [0.25, 0.3) is 22.5 Å². The van der Waals surface area contributed by atoms with E-state index in [1.165, 1.54) is 25.2 Å². The zero-order valence-corrected chi connectivity index (χ0v) is 21.3. The molecule has 3 aromatic carbocycles. The summed E-state index contributed by atoms with van der Waals surface area (Å²) in [5.74, 6) is -0.429. The summed E-state index contributed by atoms with van der Waals surface area (Å²) < 4.78 is 54.9. The molecule has 0 atom stereocenters. The minimum atomic E-state index is -4.70. The van der Waals surface area contributed by atoms with E-state index in [0.29, 0.717) is 28.1 Å². The van der Waals surface area contributed by atoms with E-state index in [0.717, 1.165) is 28.8 Å². The first-order valence-corrected chi connectivity index (χ1v) is 12.0. The monoisotopic (exact) mass is 557 g/mol. The van der Waals surface area contributed by atoms with E-state index in [1.54, 1.807) is 18.3 Å². The molecule has 2 heterocycles. The normalized spacial score (nSPS) is 12.7. The van der Waals surface area contributed by atoms with Crippen molar-refractivity contribution in [3.8, 4) is 22.5 Å². The van der Waals surface area contributed by atoms with E-state index in [4.69, 9.17) is 11.6 Å². The lowest BCUT2D eigenvalue weighted by Crippen LogP contribution is -2.31. The van der Waals surface area contributed by atoms with Crippen molar-refractivity contribution in [2.75, 3.05) is 17.3 Å². The minimum absolute atomic E-state index is 0.0547. The van der Waals surface area contributed by atoms with Crippen molar-refractivity contribution in [1.82, 2.24) is 15.3 Å². The second-order valence-electron chi connectivity index (χ2n) is 8.96. The van der Waals surface area contributed by atoms with Crippen LogP contribution in [0.2, 0.25) is 5.02 Å². The van der Waals surface area contributed by atoms with Gasteiger partial charge in [0.2, 0.25) is 0 Å². The number of carbonyl (C=O) groups excluding carboxylic acids is 2. The van der Waals surface area contributed by atoms with Gasteiger partial charge in [-0.2, -0.15) is 13.2 Å². The quantitative estimate of drug-likeness (QED) is 0.242. The number of aromatic nitrogens is 2. The van der Waals surface area contributed by atoms with E-state index < -0.39 is 28.6 Å². The van der Waals surface area contributed by atoms with Crippen LogP contribution in [0, 0.1) is 12.7 Å². The highest BCUT2D eigenvalue weighted by Crippen LogP contribution is 2.38. The molecule has 1 aromatic heterocycles. The van der Waals surface area contributed by atoms with Gasteiger partial charge in [0.1, 0.15) is 11.6 Å². The van der Waals surface area contributed by atoms with E-state index in [2.05, 4.69) is 20.6 Å². The summed E-state index contributed by atoms with van der Waals surface area (Å²) in [6, 6.07) is 9.72. The molecule has 39 heavy (non-hydrogen) atoms. The van der Waals surface area contributed by atoms with Crippen LogP contribution < -0.4 is 15.5 Å². The Labute approximate surface area is 224 Å². The summed E-state index contributed by atoms with van der Waals surface area (Å²) in [6.45, 7) is 2.05. The van der Waals surface area contributed by atoms with Crippen molar-refractivity contribution < 1.29 is 27.2 Å². The number of aryl methyl sites for hydroxylation is 1. The Balaban J connectivity index is 1.41. The molecule has 12 heteroatoms. The average molecular weight is 558 g/mol. The van der Waals surface area contributed by atoms with Crippen molar-refractivity contribution >= 4 is 34.9 Å². The van der Waals surface area contributed by atoms with E-state index in [-0.39, 0.29) is 29.4 Å². The van der Waals surface area contributed by atoms with Crippen LogP contribution in [-0.4, -0.2) is 29.0 Å². The molecule has 4 aromatic rings. The number of halogens is 5. The number of hydrogen-bond donors (Lipinski definition) is 3. The summed E-state index contributed by atoms with van der Waals surface area (Å²) in [7, 11) is 1.28. The maximum absolute atomic E-state index is 15.3. The molecule has 3 N–H and O–H groups in total. The third-order valence-corrected chi connectivity index (χ3v) is 6.71. The Morgan fingerprint density at radius 1 is 1.08 bits per heavy atom. The highest BCUT2D eigenvalue weighted by atomic mass is 35.5. The standard InChI is InChI=1S/C27H20ClF4N5O2/c1-13-11-33-24(35-13)18-7-6-16(19-12-34-25(38)23(18)19)17-5-3-14(9-22(17)29)36-26(39)37(2)15-4-8-21(28)20(10-15)27(30,31)32/h3-11H,12H2,1-2H3,(H,33,35)(H,34,38)(H,36,39). The molecule has 0 unspecified atom stereocenters. The largest absolute Gasteiger partial charge is 0.417 e. The average Bonchev–Trinajstić information content (AvgIpc) is 3.49. The zero-order valence-electron chi connectivity index (χ0n) is 20.5. The fraction of sp³-hybridized carbons (Fsp3) is 0.148. The van der Waals surface area contributed by atoms with E-state index in [1.807, 2.05) is 6.92 Å². The summed E-state index contributed by atoms with van der Waals surface area (Å²) >= 11 is 5.65. The third kappa shape index (κ3) is 4.92. The van der Waals surface area contributed by atoms with Crippen LogP contribution in [0.1, 0.15) is 27.2 Å². The molecule has 1 aliphatic rings. The maximum atomic E-state index is 15.3. The Bertz CT molecular complexity index is 1630. The molecular formula is C27H20ClF4N5O2. The first-order valence-electron chi connectivity index (χ1n) is 11.6. The second kappa shape index (κ2) is 9.73. The fourth-order valence-corrected chi connectivity index (χ4v) is 4.65. The zero-order chi connectivity index (χ0) is 28.1. The number of alkyl halides is 3. The van der Waals surface area contributed by atoms with Crippen LogP contribution in [0.5, 0.6) is 0 Å². The number of fused-ring (bicyclic) bond motifs is 1. The molecule has 0 aliphatic carbocycles. The van der Waals surface area contributed by atoms with Gasteiger partial charge in [0, 0.05) is 48.0 Å². The summed E-state index contributed by atoms with van der Waals surface area (Å²) in [5, 5.41) is 4.76. The van der Waals surface area contributed by atoms with Crippen molar-refractivity contribution in [3.63, 3.8) is 0 Å². The second-order valence-corrected chi connectivity index (χ2v) is 9.36. The molecule has 0 saturated heterocycles. The van der Waals surface area contributed by atoms with Crippen LogP contribution >= 0.6 is 11.6 Å². The van der Waals surface area contributed by atoms with E-state index >= 15 is 4.39 Å². The van der Waals surface area contributed by atoms with Crippen LogP contribution in [0.4, 0.5) is 33.7 Å². The van der Waals surface area contributed by atoms with Crippen LogP contribution in [0.3, 0.4) is 0 Å². The third-order valence-electron chi connectivity index (χ3n) is 6.38. The first kappa shape index (κ1) is 26.2. The molecule has 0 spiro atoms. The number of benzene rings is 3. The molecule has 5 rings (SSSR count). The van der Waals surface area contributed by atoms with Crippen molar-refractivity contribution in [2.45, 2.75) is 19.6 Å². The van der Waals surface area contributed by atoms with Crippen molar-refractivity contribution in [3.05, 3.63) is 88.0 Å². The number of carbonyl (C=O) groups is 2. The number of rotatable bonds is 4. The Morgan fingerprint density at radius 2 is 1.79 bits per heavy atom. The van der Waals surface area contributed by atoms with Gasteiger partial charge in [-0.05, 0) is 60.5 Å². The number of imidazole rings is 1. The summed E-state index contributed by atoms with van der Waals surface area (Å²) in [6.07, 6.45) is -3.05. The lowest BCUT2D eigenvalue weighted by molar-refractivity contribution is -0.137. The van der Waals surface area contributed by atoms with E-state index in [9.17, 15) is 22.8 Å². The van der Waals surface area contributed by atoms with Gasteiger partial charge in [-0.1, -0.05) is 17.7 Å². The minimum Gasteiger partial charge on any atom is -0.348 e. The lowest BCUT2D eigenvalue weighted by atomic mass is 9.92. The molecule has 3 amide bonds. The molecule has 7 nitrogen and oxygen atoms in total. The number of anilines is 2. The molecule has 1 aliphatic heterocycles. The molecule has 0 fully saturated rings. The van der Waals surface area contributed by atoms with Crippen LogP contribution in [0.15, 0.2) is 54.7 Å². The van der Waals surface area contributed by atoms with Gasteiger partial charge in [-0.25, -0.2) is 14.2 Å². The SMILES string of the molecule is Cc1cnc(-c2ccc(-c3ccc(NC(=O)N(C)c4ccc(Cl)c(C(F)(F)F)c4)cc3F)c3c2C(=O)NC3)[nH]1. The van der Waals surface area contributed by atoms with Gasteiger partial charge < -0.3 is 15.6 Å². The molecular weight excluding hydrogens is 538 g/mol. The summed E-state index contributed by atoms with van der Waals surface area (Å²) in [4.78, 5) is 33.7. The number of urea groups is 1. The molecule has 0 saturated carbocycles. The van der Waals surface area contributed by atoms with Gasteiger partial charge in [0.05, 0.1) is 16.1 Å². The summed E-state index contributed by atoms with van der Waals surface area (Å²) in [5.41, 5.74) is 2.12. The number of aromatic amines is 1. The number of nitrogens with one attached hydrogen (secondary N) is 3. The Kier molecular flexibility index (Phi) is 6.55. The van der Waals surface area contributed by atoms with Crippen molar-refractivity contribution in [2.24, 2.45) is 0 Å². The number of H-pyrrole nitrogens is 1. The Morgan fingerprint density at radius 3 is 2.46 bits per heavy atom. The topological polar surface area (TPSA) is 90.1 Å². The van der Waals surface area contributed by atoms with Crippen molar-refractivity contribution in [1.29, 1.82) is 0 Å². The number of amides is 3. The van der Waals surface area contributed by atoms with Gasteiger partial charge in [0.15, 0.2) is 0 Å². The smallest absolute Gasteiger partial charge is 0.348 e. The number of nitrogens with zero attached hydrogens (tertiary/aromatic N) is 2. The molecule has 200 valence electrons. The predicted octanol–water partition coefficient (Wildman–Crippen LogP) is 6.78.